The highest BCUT2D eigenvalue weighted by atomic mass is 16.6. The molecule has 2 aliphatic rings. The molecule has 2 unspecified atom stereocenters. The highest BCUT2D eigenvalue weighted by molar-refractivity contribution is 6.46. The van der Waals surface area contributed by atoms with E-state index in [1.165, 1.54) is 29.2 Å². The van der Waals surface area contributed by atoms with E-state index < -0.39 is 22.7 Å². The predicted octanol–water partition coefficient (Wildman–Crippen LogP) is 3.20. The van der Waals surface area contributed by atoms with Crippen LogP contribution >= 0.6 is 0 Å². The molecule has 0 bridgehead atoms. The first-order chi connectivity index (χ1) is 14.5. The van der Waals surface area contributed by atoms with Gasteiger partial charge in [0.15, 0.2) is 0 Å². The summed E-state index contributed by atoms with van der Waals surface area (Å²) in [4.78, 5) is 37.6. The average molecular weight is 408 g/mol. The quantitative estimate of drug-likeness (QED) is 0.267. The fraction of sp³-hybridized carbons (Fsp3) is 0.273. The number of hydrogen-bond acceptors (Lipinski definition) is 6. The molecule has 2 saturated heterocycles. The van der Waals surface area contributed by atoms with Crippen molar-refractivity contribution in [2.45, 2.75) is 25.0 Å². The van der Waals surface area contributed by atoms with E-state index >= 15 is 0 Å². The monoisotopic (exact) mass is 408 g/mol. The molecule has 8 heteroatoms. The van der Waals surface area contributed by atoms with E-state index in [2.05, 4.69) is 0 Å². The Morgan fingerprint density at radius 3 is 2.43 bits per heavy atom. The van der Waals surface area contributed by atoms with Gasteiger partial charge in [-0.15, -0.1) is 0 Å². The number of carbonyl (C=O) groups is 2. The van der Waals surface area contributed by atoms with Gasteiger partial charge in [-0.3, -0.25) is 19.7 Å². The van der Waals surface area contributed by atoms with Gasteiger partial charge in [-0.25, -0.2) is 0 Å². The first-order valence-electron chi connectivity index (χ1n) is 9.67. The number of rotatable bonds is 5. The van der Waals surface area contributed by atoms with E-state index in [0.717, 1.165) is 12.8 Å². The summed E-state index contributed by atoms with van der Waals surface area (Å²) in [5, 5.41) is 21.8. The highest BCUT2D eigenvalue weighted by Crippen LogP contribution is 2.40. The summed E-state index contributed by atoms with van der Waals surface area (Å²) in [6.45, 7) is 0.870. The summed E-state index contributed by atoms with van der Waals surface area (Å²) >= 11 is 0. The second kappa shape index (κ2) is 8.08. The number of carbonyl (C=O) groups excluding carboxylic acids is 2. The number of Topliss-reactive ketones (excluding diaryl/α,β-unsaturated/α-hetero) is 1. The van der Waals surface area contributed by atoms with Crippen molar-refractivity contribution in [1.82, 2.24) is 4.90 Å². The predicted molar refractivity (Wildman–Crippen MR) is 108 cm³/mol. The standard InChI is InChI=1S/C22H20N2O6/c25-20(15-8-10-16(11-9-15)24(28)29)18-19(14-5-2-1-3-6-14)23(22(27)21(18)26)13-17-7-4-12-30-17/h1-3,5-6,8-11,17,19,25H,4,7,12-13H2/b20-18-. The third-order valence-corrected chi connectivity index (χ3v) is 5.43. The molecular formula is C22H20N2O6. The molecule has 0 saturated carbocycles. The van der Waals surface area contributed by atoms with Crippen molar-refractivity contribution < 1.29 is 24.4 Å². The van der Waals surface area contributed by atoms with E-state index in [1.807, 2.05) is 6.07 Å². The van der Waals surface area contributed by atoms with Crippen LogP contribution in [-0.2, 0) is 14.3 Å². The maximum atomic E-state index is 12.9. The highest BCUT2D eigenvalue weighted by Gasteiger charge is 2.47. The lowest BCUT2D eigenvalue weighted by Gasteiger charge is -2.27. The molecule has 2 aromatic rings. The lowest BCUT2D eigenvalue weighted by molar-refractivity contribution is -0.384. The Kier molecular flexibility index (Phi) is 5.33. The molecule has 0 spiro atoms. The van der Waals surface area contributed by atoms with Crippen LogP contribution in [0.5, 0.6) is 0 Å². The molecule has 1 N–H and O–H groups in total. The Hall–Kier alpha value is -3.52. The minimum absolute atomic E-state index is 0.0296. The van der Waals surface area contributed by atoms with Crippen LogP contribution in [0.15, 0.2) is 60.2 Å². The number of nitro groups is 1. The Balaban J connectivity index is 1.79. The molecule has 4 rings (SSSR count). The van der Waals surface area contributed by atoms with Gasteiger partial charge in [0, 0.05) is 30.8 Å². The van der Waals surface area contributed by atoms with Crippen molar-refractivity contribution in [3.63, 3.8) is 0 Å². The number of likely N-dealkylation sites (tertiary alicyclic amines) is 1. The molecule has 154 valence electrons. The van der Waals surface area contributed by atoms with Crippen LogP contribution < -0.4 is 0 Å². The zero-order valence-corrected chi connectivity index (χ0v) is 16.1. The summed E-state index contributed by atoms with van der Waals surface area (Å²) in [6, 6.07) is 13.5. The third kappa shape index (κ3) is 3.57. The Labute approximate surface area is 172 Å². The van der Waals surface area contributed by atoms with Crippen LogP contribution in [0, 0.1) is 10.1 Å². The van der Waals surface area contributed by atoms with Gasteiger partial charge in [0.1, 0.15) is 5.76 Å². The van der Waals surface area contributed by atoms with Crippen LogP contribution in [0.1, 0.15) is 30.0 Å². The van der Waals surface area contributed by atoms with Crippen LogP contribution in [0.25, 0.3) is 5.76 Å². The number of benzene rings is 2. The zero-order chi connectivity index (χ0) is 21.3. The van der Waals surface area contributed by atoms with Gasteiger partial charge >= 0.3 is 0 Å². The topological polar surface area (TPSA) is 110 Å². The molecule has 0 radical (unpaired) electrons. The number of aliphatic hydroxyl groups excluding tert-OH is 1. The molecule has 30 heavy (non-hydrogen) atoms. The van der Waals surface area contributed by atoms with Gasteiger partial charge in [0.05, 0.1) is 22.6 Å². The number of nitrogens with zero attached hydrogens (tertiary/aromatic N) is 2. The van der Waals surface area contributed by atoms with Gasteiger partial charge in [0.25, 0.3) is 17.4 Å². The van der Waals surface area contributed by atoms with Gasteiger partial charge in [-0.05, 0) is 30.5 Å². The van der Waals surface area contributed by atoms with E-state index in [-0.39, 0.29) is 35.2 Å². The van der Waals surface area contributed by atoms with Crippen molar-refractivity contribution in [1.29, 1.82) is 0 Å². The Morgan fingerprint density at radius 2 is 1.83 bits per heavy atom. The summed E-state index contributed by atoms with van der Waals surface area (Å²) in [5.41, 5.74) is 0.762. The fourth-order valence-electron chi connectivity index (χ4n) is 3.95. The number of hydrogen-bond donors (Lipinski definition) is 1. The molecule has 0 aliphatic carbocycles. The fourth-order valence-corrected chi connectivity index (χ4v) is 3.95. The second-order valence-corrected chi connectivity index (χ2v) is 7.30. The van der Waals surface area contributed by atoms with Crippen molar-refractivity contribution in [3.8, 4) is 0 Å². The zero-order valence-electron chi connectivity index (χ0n) is 16.1. The smallest absolute Gasteiger partial charge is 0.295 e. The number of aliphatic hydroxyl groups is 1. The van der Waals surface area contributed by atoms with Crippen molar-refractivity contribution in [2.24, 2.45) is 0 Å². The van der Waals surface area contributed by atoms with E-state index in [9.17, 15) is 24.8 Å². The van der Waals surface area contributed by atoms with Crippen molar-refractivity contribution in [3.05, 3.63) is 81.4 Å². The molecule has 0 aromatic heterocycles. The van der Waals surface area contributed by atoms with E-state index in [0.29, 0.717) is 12.2 Å². The summed E-state index contributed by atoms with van der Waals surface area (Å²) < 4.78 is 5.65. The van der Waals surface area contributed by atoms with E-state index in [4.69, 9.17) is 4.74 Å². The molecule has 2 aliphatic heterocycles. The first-order valence-corrected chi connectivity index (χ1v) is 9.67. The Morgan fingerprint density at radius 1 is 1.13 bits per heavy atom. The second-order valence-electron chi connectivity index (χ2n) is 7.30. The number of amides is 1. The molecule has 2 fully saturated rings. The number of nitro benzene ring substituents is 1. The minimum atomic E-state index is -0.780. The van der Waals surface area contributed by atoms with Crippen LogP contribution in [-0.4, -0.2) is 45.9 Å². The van der Waals surface area contributed by atoms with Crippen LogP contribution in [0.2, 0.25) is 0 Å². The van der Waals surface area contributed by atoms with Gasteiger partial charge in [0.2, 0.25) is 0 Å². The molecule has 2 atom stereocenters. The molecule has 8 nitrogen and oxygen atoms in total. The summed E-state index contributed by atoms with van der Waals surface area (Å²) in [7, 11) is 0. The van der Waals surface area contributed by atoms with E-state index in [1.54, 1.807) is 24.3 Å². The molecular weight excluding hydrogens is 388 g/mol. The summed E-state index contributed by atoms with van der Waals surface area (Å²) in [5.74, 6) is -1.83. The molecule has 2 aromatic carbocycles. The largest absolute Gasteiger partial charge is 0.507 e. The minimum Gasteiger partial charge on any atom is -0.507 e. The van der Waals surface area contributed by atoms with Crippen molar-refractivity contribution in [2.75, 3.05) is 13.2 Å². The Bertz CT molecular complexity index is 1010. The van der Waals surface area contributed by atoms with Gasteiger partial charge < -0.3 is 14.7 Å². The third-order valence-electron chi connectivity index (χ3n) is 5.43. The van der Waals surface area contributed by atoms with Crippen LogP contribution in [0.3, 0.4) is 0 Å². The molecule has 2 heterocycles. The number of non-ortho nitro benzene ring substituents is 1. The van der Waals surface area contributed by atoms with Crippen molar-refractivity contribution >= 4 is 23.1 Å². The summed E-state index contributed by atoms with van der Waals surface area (Å²) in [6.07, 6.45) is 1.54. The maximum Gasteiger partial charge on any atom is 0.295 e. The van der Waals surface area contributed by atoms with Gasteiger partial charge in [-0.2, -0.15) is 0 Å². The SMILES string of the molecule is O=C1C(=O)N(CC2CCCO2)C(c2ccccc2)/C1=C(/O)c1ccc([N+](=O)[O-])cc1. The lowest BCUT2D eigenvalue weighted by Crippen LogP contribution is -2.36. The number of ketones is 1. The van der Waals surface area contributed by atoms with Crippen LogP contribution in [0.4, 0.5) is 5.69 Å². The normalized spacial score (nSPS) is 23.1. The molecule has 1 amide bonds. The average Bonchev–Trinajstić information content (AvgIpc) is 3.36. The lowest BCUT2D eigenvalue weighted by atomic mass is 9.95. The maximum absolute atomic E-state index is 12.9. The first kappa shape index (κ1) is 19.8. The van der Waals surface area contributed by atoms with Gasteiger partial charge in [-0.1, -0.05) is 30.3 Å². The number of ether oxygens (including phenoxy) is 1.